The first-order chi connectivity index (χ1) is 18.0. The zero-order chi connectivity index (χ0) is 25.9. The number of nitriles is 2. The molecule has 0 aliphatic rings. The third kappa shape index (κ3) is 4.47. The third-order valence-electron chi connectivity index (χ3n) is 5.65. The van der Waals surface area contributed by atoms with Crippen LogP contribution in [-0.2, 0) is 0 Å². The number of thiazole rings is 1. The minimum Gasteiger partial charge on any atom is -0.371 e. The predicted octanol–water partition coefficient (Wildman–Crippen LogP) is 6.44. The summed E-state index contributed by atoms with van der Waals surface area (Å²) in [6.07, 6.45) is 1.43. The van der Waals surface area contributed by atoms with Crippen molar-refractivity contribution in [3.63, 3.8) is 0 Å². The molecule has 0 radical (unpaired) electrons. The number of anilines is 3. The summed E-state index contributed by atoms with van der Waals surface area (Å²) in [5, 5.41) is 39.5. The molecule has 2 aromatic carbocycles. The number of nitrogens with zero attached hydrogens (tertiary/aromatic N) is 8. The van der Waals surface area contributed by atoms with Gasteiger partial charge in [0, 0.05) is 18.3 Å². The highest BCUT2D eigenvalue weighted by Crippen LogP contribution is 2.36. The van der Waals surface area contributed by atoms with Crippen LogP contribution in [0.1, 0.15) is 22.3 Å². The summed E-state index contributed by atoms with van der Waals surface area (Å²) in [5.41, 5.74) is 4.32. The van der Waals surface area contributed by atoms with Gasteiger partial charge in [0.15, 0.2) is 17.5 Å². The topological polar surface area (TPSA) is 140 Å². The summed E-state index contributed by atoms with van der Waals surface area (Å²) in [7, 11) is 1.72. The molecule has 0 aliphatic heterocycles. The zero-order valence-electron chi connectivity index (χ0n) is 20.2. The molecule has 0 bridgehead atoms. The van der Waals surface area contributed by atoms with Crippen molar-refractivity contribution in [2.24, 2.45) is 10.2 Å². The van der Waals surface area contributed by atoms with E-state index in [0.717, 1.165) is 21.5 Å². The molecule has 2 N–H and O–H groups in total. The first kappa shape index (κ1) is 23.6. The van der Waals surface area contributed by atoms with Crippen LogP contribution in [0, 0.1) is 36.5 Å². The second-order valence-electron chi connectivity index (χ2n) is 8.08. The predicted molar refractivity (Wildman–Crippen MR) is 143 cm³/mol. The Labute approximate surface area is 216 Å². The van der Waals surface area contributed by atoms with Crippen molar-refractivity contribution in [3.05, 3.63) is 77.0 Å². The van der Waals surface area contributed by atoms with Gasteiger partial charge in [-0.25, -0.2) is 9.97 Å². The molecule has 37 heavy (non-hydrogen) atoms. The molecule has 0 fully saturated rings. The van der Waals surface area contributed by atoms with Crippen molar-refractivity contribution >= 4 is 50.4 Å². The molecule has 0 amide bonds. The highest BCUT2D eigenvalue weighted by Gasteiger charge is 2.19. The molecule has 5 rings (SSSR count). The van der Waals surface area contributed by atoms with Gasteiger partial charge >= 0.3 is 0 Å². The summed E-state index contributed by atoms with van der Waals surface area (Å²) in [6.45, 7) is 3.79. The van der Waals surface area contributed by atoms with E-state index in [0.29, 0.717) is 33.6 Å². The highest BCUT2D eigenvalue weighted by atomic mass is 32.1. The molecule has 3 aromatic heterocycles. The molecule has 0 saturated carbocycles. The Morgan fingerprint density at radius 1 is 0.946 bits per heavy atom. The molecule has 0 saturated heterocycles. The summed E-state index contributed by atoms with van der Waals surface area (Å²) in [6, 6.07) is 19.9. The van der Waals surface area contributed by atoms with Gasteiger partial charge in [0.1, 0.15) is 23.4 Å². The number of rotatable bonds is 6. The molecule has 0 atom stereocenters. The van der Waals surface area contributed by atoms with Gasteiger partial charge in [0.05, 0.1) is 22.0 Å². The van der Waals surface area contributed by atoms with Crippen LogP contribution in [0.15, 0.2) is 65.0 Å². The molecular formula is C26H20N10S. The lowest BCUT2D eigenvalue weighted by atomic mass is 10.1. The van der Waals surface area contributed by atoms with Gasteiger partial charge in [-0.3, -0.25) is 0 Å². The van der Waals surface area contributed by atoms with Crippen molar-refractivity contribution in [2.75, 3.05) is 17.7 Å². The van der Waals surface area contributed by atoms with E-state index in [1.165, 1.54) is 22.2 Å². The minimum atomic E-state index is 0.239. The molecule has 3 heterocycles. The number of hydrogen-bond donors (Lipinski definition) is 2. The van der Waals surface area contributed by atoms with Gasteiger partial charge < -0.3 is 10.6 Å². The third-order valence-corrected chi connectivity index (χ3v) is 6.66. The van der Waals surface area contributed by atoms with E-state index in [9.17, 15) is 10.5 Å². The van der Waals surface area contributed by atoms with Crippen LogP contribution in [0.2, 0.25) is 0 Å². The van der Waals surface area contributed by atoms with Crippen LogP contribution in [0.25, 0.3) is 15.3 Å². The van der Waals surface area contributed by atoms with Crippen molar-refractivity contribution in [1.82, 2.24) is 19.7 Å². The van der Waals surface area contributed by atoms with Gasteiger partial charge in [0.25, 0.3) is 0 Å². The van der Waals surface area contributed by atoms with Crippen LogP contribution in [0.3, 0.4) is 0 Å². The fourth-order valence-electron chi connectivity index (χ4n) is 3.70. The maximum Gasteiger partial charge on any atom is 0.213 e. The number of pyridine rings is 1. The van der Waals surface area contributed by atoms with Gasteiger partial charge in [-0.1, -0.05) is 41.2 Å². The lowest BCUT2D eigenvalue weighted by Gasteiger charge is -2.14. The smallest absolute Gasteiger partial charge is 0.213 e. The van der Waals surface area contributed by atoms with E-state index in [1.807, 2.05) is 55.5 Å². The fraction of sp³-hybridized carbons (Fsp3) is 0.115. The Morgan fingerprint density at radius 2 is 1.73 bits per heavy atom. The molecule has 11 heteroatoms. The Hall–Kier alpha value is -5.13. The number of hydrogen-bond acceptors (Lipinski definition) is 10. The summed E-state index contributed by atoms with van der Waals surface area (Å²) < 4.78 is 2.48. The summed E-state index contributed by atoms with van der Waals surface area (Å²) in [5.74, 6) is 1.08. The zero-order valence-corrected chi connectivity index (χ0v) is 21.0. The van der Waals surface area contributed by atoms with Gasteiger partial charge in [-0.15, -0.1) is 10.2 Å². The average molecular weight is 505 g/mol. The van der Waals surface area contributed by atoms with Crippen LogP contribution in [-0.4, -0.2) is 26.8 Å². The Kier molecular flexibility index (Phi) is 6.29. The van der Waals surface area contributed by atoms with Crippen molar-refractivity contribution in [3.8, 4) is 17.3 Å². The number of fused-ring (bicyclic) bond motifs is 1. The standard InChI is InChI=1S/C26H20N10S/c1-15-8-10-18(11-9-15)31-23-19(13-28)16(2)22(24(29-3)33-23)34-35-25-17(12-27)14-30-36(25)26-32-20-6-4-5-7-21(20)37-26/h4-11,14H,1-3H3,(H2,29,31,33). The molecule has 0 unspecified atom stereocenters. The maximum atomic E-state index is 9.92. The second kappa shape index (κ2) is 9.85. The largest absolute Gasteiger partial charge is 0.371 e. The number of nitrogens with one attached hydrogen (secondary N) is 2. The SMILES string of the molecule is CNc1nc(Nc2ccc(C)cc2)c(C#N)c(C)c1N=Nc1c(C#N)cnn1-c1nc2ccccc2s1. The van der Waals surface area contributed by atoms with Gasteiger partial charge in [-0.2, -0.15) is 20.3 Å². The molecule has 180 valence electrons. The van der Waals surface area contributed by atoms with E-state index in [-0.39, 0.29) is 11.4 Å². The van der Waals surface area contributed by atoms with E-state index < -0.39 is 0 Å². The lowest BCUT2D eigenvalue weighted by Crippen LogP contribution is -2.04. The van der Waals surface area contributed by atoms with E-state index >= 15 is 0 Å². The molecule has 10 nitrogen and oxygen atoms in total. The Bertz CT molecular complexity index is 1700. The average Bonchev–Trinajstić information content (AvgIpc) is 3.53. The quantitative estimate of drug-likeness (QED) is 0.254. The van der Waals surface area contributed by atoms with Gasteiger partial charge in [-0.05, 0) is 38.1 Å². The van der Waals surface area contributed by atoms with Crippen LogP contribution in [0.4, 0.5) is 28.8 Å². The van der Waals surface area contributed by atoms with Crippen molar-refractivity contribution < 1.29 is 0 Å². The number of aromatic nitrogens is 4. The van der Waals surface area contributed by atoms with Crippen molar-refractivity contribution in [1.29, 1.82) is 10.5 Å². The minimum absolute atomic E-state index is 0.239. The number of benzene rings is 2. The molecule has 0 spiro atoms. The maximum absolute atomic E-state index is 9.92. The monoisotopic (exact) mass is 504 g/mol. The highest BCUT2D eigenvalue weighted by molar-refractivity contribution is 7.20. The molecule has 0 aliphatic carbocycles. The van der Waals surface area contributed by atoms with Crippen LogP contribution in [0.5, 0.6) is 0 Å². The lowest BCUT2D eigenvalue weighted by molar-refractivity contribution is 0.863. The van der Waals surface area contributed by atoms with Crippen LogP contribution >= 0.6 is 11.3 Å². The van der Waals surface area contributed by atoms with Gasteiger partial charge in [0.2, 0.25) is 5.13 Å². The Morgan fingerprint density at radius 3 is 2.43 bits per heavy atom. The summed E-state index contributed by atoms with van der Waals surface area (Å²) in [4.78, 5) is 9.21. The normalized spacial score (nSPS) is 10.9. The van der Waals surface area contributed by atoms with E-state index in [1.54, 1.807) is 14.0 Å². The first-order valence-corrected chi connectivity index (χ1v) is 12.1. The second-order valence-corrected chi connectivity index (χ2v) is 9.09. The van der Waals surface area contributed by atoms with Crippen molar-refractivity contribution in [2.45, 2.75) is 13.8 Å². The molecule has 5 aromatic rings. The van der Waals surface area contributed by atoms with Crippen LogP contribution < -0.4 is 10.6 Å². The number of para-hydroxylation sites is 1. The Balaban J connectivity index is 1.57. The first-order valence-electron chi connectivity index (χ1n) is 11.2. The summed E-state index contributed by atoms with van der Waals surface area (Å²) >= 11 is 1.43. The number of azo groups is 1. The molecular weight excluding hydrogens is 484 g/mol. The van der Waals surface area contributed by atoms with E-state index in [4.69, 9.17) is 0 Å². The number of aryl methyl sites for hydroxylation is 1. The van der Waals surface area contributed by atoms with E-state index in [2.05, 4.69) is 48.1 Å². The fourth-order valence-corrected chi connectivity index (χ4v) is 4.62.